The number of methoxy groups -OCH3 is 2. The molecule has 1 aromatic rings. The lowest BCUT2D eigenvalue weighted by Gasteiger charge is -2.23. The Morgan fingerprint density at radius 3 is 2.62 bits per heavy atom. The summed E-state index contributed by atoms with van der Waals surface area (Å²) in [7, 11) is 3.33. The Kier molecular flexibility index (Phi) is 4.92. The molecule has 1 rings (SSSR count). The fraction of sp³-hybridized carbons (Fsp3) is 0.500. The number of benzene rings is 1. The summed E-state index contributed by atoms with van der Waals surface area (Å²) in [5.74, 6) is 0.716. The highest BCUT2D eigenvalue weighted by Gasteiger charge is 2.07. The maximum absolute atomic E-state index is 5.77. The van der Waals surface area contributed by atoms with E-state index in [9.17, 15) is 0 Å². The van der Waals surface area contributed by atoms with E-state index in [0.29, 0.717) is 18.0 Å². The normalized spacial score (nSPS) is 10.2. The molecule has 0 aromatic heterocycles. The number of nitrogens with two attached hydrogens (primary N) is 1. The molecule has 0 radical (unpaired) electrons. The number of hydrogen-bond acceptors (Lipinski definition) is 4. The first-order valence-electron chi connectivity index (χ1n) is 5.40. The monoisotopic (exact) mass is 224 g/mol. The Bertz CT molecular complexity index is 329. The summed E-state index contributed by atoms with van der Waals surface area (Å²) in [5, 5.41) is 0. The first-order valence-corrected chi connectivity index (χ1v) is 5.40. The molecule has 2 N–H and O–H groups in total. The van der Waals surface area contributed by atoms with Gasteiger partial charge in [0.1, 0.15) is 5.75 Å². The molecule has 0 fully saturated rings. The van der Waals surface area contributed by atoms with Crippen LogP contribution < -0.4 is 15.4 Å². The van der Waals surface area contributed by atoms with Crippen LogP contribution in [0.15, 0.2) is 18.2 Å². The van der Waals surface area contributed by atoms with Gasteiger partial charge >= 0.3 is 0 Å². The van der Waals surface area contributed by atoms with Crippen LogP contribution in [0.2, 0.25) is 0 Å². The molecular weight excluding hydrogens is 204 g/mol. The van der Waals surface area contributed by atoms with Crippen molar-refractivity contribution in [2.45, 2.75) is 6.92 Å². The molecule has 90 valence electrons. The molecule has 16 heavy (non-hydrogen) atoms. The summed E-state index contributed by atoms with van der Waals surface area (Å²) in [6, 6.07) is 5.81. The molecule has 0 heterocycles. The number of rotatable bonds is 6. The standard InChI is InChI=1S/C12H20N2O2/c1-4-14(7-8-15-2)10-5-6-11(13)12(9-10)16-3/h5-6,9H,4,7-8,13H2,1-3H3. The van der Waals surface area contributed by atoms with Crippen LogP contribution in [0.3, 0.4) is 0 Å². The van der Waals surface area contributed by atoms with Crippen molar-refractivity contribution in [3.05, 3.63) is 18.2 Å². The summed E-state index contributed by atoms with van der Waals surface area (Å²) < 4.78 is 10.3. The zero-order chi connectivity index (χ0) is 12.0. The summed E-state index contributed by atoms with van der Waals surface area (Å²) >= 11 is 0. The van der Waals surface area contributed by atoms with Crippen molar-refractivity contribution in [1.29, 1.82) is 0 Å². The average Bonchev–Trinajstić information content (AvgIpc) is 2.32. The van der Waals surface area contributed by atoms with Gasteiger partial charge in [-0.15, -0.1) is 0 Å². The van der Waals surface area contributed by atoms with Gasteiger partial charge in [0.15, 0.2) is 0 Å². The van der Waals surface area contributed by atoms with E-state index in [0.717, 1.165) is 18.8 Å². The van der Waals surface area contributed by atoms with E-state index in [2.05, 4.69) is 11.8 Å². The second-order valence-electron chi connectivity index (χ2n) is 3.50. The van der Waals surface area contributed by atoms with Crippen molar-refractivity contribution < 1.29 is 9.47 Å². The van der Waals surface area contributed by atoms with Gasteiger partial charge in [-0.1, -0.05) is 0 Å². The molecule has 0 aliphatic rings. The van der Waals surface area contributed by atoms with Gasteiger partial charge in [-0.2, -0.15) is 0 Å². The molecule has 0 atom stereocenters. The van der Waals surface area contributed by atoms with E-state index in [4.69, 9.17) is 15.2 Å². The lowest BCUT2D eigenvalue weighted by Crippen LogP contribution is -2.26. The van der Waals surface area contributed by atoms with Crippen molar-refractivity contribution >= 4 is 11.4 Å². The zero-order valence-corrected chi connectivity index (χ0v) is 10.2. The highest BCUT2D eigenvalue weighted by atomic mass is 16.5. The fourth-order valence-corrected chi connectivity index (χ4v) is 1.57. The van der Waals surface area contributed by atoms with Crippen LogP contribution in [0.5, 0.6) is 5.75 Å². The van der Waals surface area contributed by atoms with Crippen molar-refractivity contribution in [2.24, 2.45) is 0 Å². The summed E-state index contributed by atoms with van der Waals surface area (Å²) in [4.78, 5) is 2.21. The second kappa shape index (κ2) is 6.23. The van der Waals surface area contributed by atoms with Gasteiger partial charge in [0.2, 0.25) is 0 Å². The van der Waals surface area contributed by atoms with E-state index >= 15 is 0 Å². The quantitative estimate of drug-likeness (QED) is 0.748. The molecule has 0 aliphatic heterocycles. The maximum Gasteiger partial charge on any atom is 0.143 e. The fourth-order valence-electron chi connectivity index (χ4n) is 1.57. The number of ether oxygens (including phenoxy) is 2. The van der Waals surface area contributed by atoms with Crippen LogP contribution in [0.1, 0.15) is 6.92 Å². The zero-order valence-electron chi connectivity index (χ0n) is 10.2. The minimum Gasteiger partial charge on any atom is -0.495 e. The second-order valence-corrected chi connectivity index (χ2v) is 3.50. The number of nitrogens with zero attached hydrogens (tertiary/aromatic N) is 1. The largest absolute Gasteiger partial charge is 0.495 e. The van der Waals surface area contributed by atoms with Crippen molar-refractivity contribution in [2.75, 3.05) is 44.5 Å². The van der Waals surface area contributed by atoms with Crippen LogP contribution >= 0.6 is 0 Å². The van der Waals surface area contributed by atoms with Gasteiger partial charge in [0.05, 0.1) is 19.4 Å². The molecule has 0 saturated heterocycles. The van der Waals surface area contributed by atoms with E-state index in [-0.39, 0.29) is 0 Å². The van der Waals surface area contributed by atoms with Gasteiger partial charge < -0.3 is 20.1 Å². The Balaban J connectivity index is 2.83. The number of hydrogen-bond donors (Lipinski definition) is 1. The molecular formula is C12H20N2O2. The van der Waals surface area contributed by atoms with Crippen molar-refractivity contribution in [1.82, 2.24) is 0 Å². The van der Waals surface area contributed by atoms with Gasteiger partial charge in [0.25, 0.3) is 0 Å². The Labute approximate surface area is 96.9 Å². The molecule has 4 nitrogen and oxygen atoms in total. The summed E-state index contributed by atoms with van der Waals surface area (Å²) in [6.45, 7) is 4.61. The Morgan fingerprint density at radius 1 is 1.31 bits per heavy atom. The van der Waals surface area contributed by atoms with E-state index in [1.54, 1.807) is 14.2 Å². The predicted molar refractivity (Wildman–Crippen MR) is 67.2 cm³/mol. The van der Waals surface area contributed by atoms with Crippen LogP contribution in [-0.4, -0.2) is 33.9 Å². The minimum absolute atomic E-state index is 0.661. The molecule has 0 unspecified atom stereocenters. The van der Waals surface area contributed by atoms with E-state index < -0.39 is 0 Å². The van der Waals surface area contributed by atoms with Gasteiger partial charge in [-0.25, -0.2) is 0 Å². The predicted octanol–water partition coefficient (Wildman–Crippen LogP) is 1.75. The van der Waals surface area contributed by atoms with Crippen molar-refractivity contribution in [3.8, 4) is 5.75 Å². The van der Waals surface area contributed by atoms with Crippen molar-refractivity contribution in [3.63, 3.8) is 0 Å². The molecule has 0 bridgehead atoms. The number of nitrogen functional groups attached to an aromatic ring is 1. The molecule has 4 heteroatoms. The highest BCUT2D eigenvalue weighted by molar-refractivity contribution is 5.62. The SMILES string of the molecule is CCN(CCOC)c1ccc(N)c(OC)c1. The average molecular weight is 224 g/mol. The van der Waals surface area contributed by atoms with Gasteiger partial charge in [-0.05, 0) is 19.1 Å². The smallest absolute Gasteiger partial charge is 0.143 e. The van der Waals surface area contributed by atoms with Crippen LogP contribution in [0.4, 0.5) is 11.4 Å². The van der Waals surface area contributed by atoms with E-state index in [1.165, 1.54) is 0 Å². The Morgan fingerprint density at radius 2 is 2.06 bits per heavy atom. The topological polar surface area (TPSA) is 47.7 Å². The van der Waals surface area contributed by atoms with Crippen LogP contribution in [0.25, 0.3) is 0 Å². The first kappa shape index (κ1) is 12.6. The lowest BCUT2D eigenvalue weighted by molar-refractivity contribution is 0.205. The minimum atomic E-state index is 0.661. The summed E-state index contributed by atoms with van der Waals surface area (Å²) in [5.41, 5.74) is 7.54. The molecule has 0 spiro atoms. The van der Waals surface area contributed by atoms with Gasteiger partial charge in [-0.3, -0.25) is 0 Å². The third kappa shape index (κ3) is 3.03. The third-order valence-electron chi connectivity index (χ3n) is 2.53. The Hall–Kier alpha value is -1.42. The molecule has 1 aromatic carbocycles. The molecule has 0 saturated carbocycles. The molecule has 0 aliphatic carbocycles. The maximum atomic E-state index is 5.77. The van der Waals surface area contributed by atoms with Crippen LogP contribution in [-0.2, 0) is 4.74 Å². The van der Waals surface area contributed by atoms with Gasteiger partial charge in [0, 0.05) is 32.0 Å². The lowest BCUT2D eigenvalue weighted by atomic mass is 10.2. The number of likely N-dealkylation sites (N-methyl/N-ethyl adjacent to an activating group) is 1. The summed E-state index contributed by atoms with van der Waals surface area (Å²) in [6.07, 6.45) is 0. The molecule has 0 amide bonds. The first-order chi connectivity index (χ1) is 7.72. The highest BCUT2D eigenvalue weighted by Crippen LogP contribution is 2.27. The number of anilines is 2. The van der Waals surface area contributed by atoms with Crippen LogP contribution in [0, 0.1) is 0 Å². The third-order valence-corrected chi connectivity index (χ3v) is 2.53. The van der Waals surface area contributed by atoms with E-state index in [1.807, 2.05) is 18.2 Å².